The molecule has 0 atom stereocenters. The Bertz CT molecular complexity index is 597. The van der Waals surface area contributed by atoms with Crippen LogP contribution in [0.25, 0.3) is 16.6 Å². The van der Waals surface area contributed by atoms with Gasteiger partial charge < -0.3 is 5.11 Å². The molecule has 0 bridgehead atoms. The Labute approximate surface area is 109 Å². The largest absolute Gasteiger partial charge is 0.478 e. The third-order valence-corrected chi connectivity index (χ3v) is 3.68. The minimum Gasteiger partial charge on any atom is -0.478 e. The molecular formula is C14H13NO2S. The van der Waals surface area contributed by atoms with E-state index in [0.717, 1.165) is 27.2 Å². The first-order valence-electron chi connectivity index (χ1n) is 5.52. The highest BCUT2D eigenvalue weighted by Gasteiger charge is 2.07. The van der Waals surface area contributed by atoms with Gasteiger partial charge >= 0.3 is 5.97 Å². The molecule has 1 aromatic heterocycles. The maximum Gasteiger partial charge on any atom is 0.328 e. The molecule has 0 aliphatic heterocycles. The zero-order chi connectivity index (χ0) is 13.1. The van der Waals surface area contributed by atoms with E-state index in [1.807, 2.05) is 38.1 Å². The van der Waals surface area contributed by atoms with E-state index in [-0.39, 0.29) is 0 Å². The number of nitrogens with zero attached hydrogens (tertiary/aromatic N) is 1. The van der Waals surface area contributed by atoms with Gasteiger partial charge in [0, 0.05) is 11.6 Å². The van der Waals surface area contributed by atoms with Gasteiger partial charge in [0.05, 0.1) is 10.6 Å². The van der Waals surface area contributed by atoms with E-state index in [4.69, 9.17) is 5.11 Å². The molecule has 2 aromatic rings. The third-order valence-electron chi connectivity index (χ3n) is 2.51. The number of hydrogen-bond donors (Lipinski definition) is 1. The van der Waals surface area contributed by atoms with Crippen molar-refractivity contribution in [1.82, 2.24) is 4.98 Å². The summed E-state index contributed by atoms with van der Waals surface area (Å²) in [5.41, 5.74) is 3.12. The molecule has 0 radical (unpaired) electrons. The molecule has 0 aliphatic rings. The highest BCUT2D eigenvalue weighted by Crippen LogP contribution is 2.28. The first-order valence-corrected chi connectivity index (χ1v) is 6.33. The Morgan fingerprint density at radius 3 is 2.56 bits per heavy atom. The number of thiazole rings is 1. The number of carboxylic acids is 1. The van der Waals surface area contributed by atoms with Crippen molar-refractivity contribution in [1.29, 1.82) is 0 Å². The van der Waals surface area contributed by atoms with Crippen molar-refractivity contribution < 1.29 is 9.90 Å². The van der Waals surface area contributed by atoms with E-state index < -0.39 is 5.97 Å². The average molecular weight is 259 g/mol. The average Bonchev–Trinajstić information content (AvgIpc) is 2.69. The quantitative estimate of drug-likeness (QED) is 0.858. The molecule has 92 valence electrons. The van der Waals surface area contributed by atoms with Gasteiger partial charge in [0.2, 0.25) is 0 Å². The van der Waals surface area contributed by atoms with E-state index in [2.05, 4.69) is 4.98 Å². The number of carboxylic acid groups (broad SMARTS) is 1. The van der Waals surface area contributed by atoms with E-state index in [1.54, 1.807) is 6.08 Å². The molecule has 4 heteroatoms. The molecule has 0 fully saturated rings. The predicted molar refractivity (Wildman–Crippen MR) is 73.7 cm³/mol. The standard InChI is InChI=1S/C14H13NO2S/c1-9-3-5-11(6-4-9)14-15-10(2)12(18-14)7-8-13(16)17/h3-8H,1-2H3,(H,16,17)/b8-7+. The lowest BCUT2D eigenvalue weighted by Gasteiger charge is -1.96. The van der Waals surface area contributed by atoms with Crippen molar-refractivity contribution in [2.45, 2.75) is 13.8 Å². The first-order chi connectivity index (χ1) is 8.56. The molecule has 18 heavy (non-hydrogen) atoms. The van der Waals surface area contributed by atoms with Gasteiger partial charge in [-0.1, -0.05) is 29.8 Å². The van der Waals surface area contributed by atoms with E-state index in [9.17, 15) is 4.79 Å². The molecular weight excluding hydrogens is 246 g/mol. The summed E-state index contributed by atoms with van der Waals surface area (Å²) in [5, 5.41) is 9.53. The maximum atomic E-state index is 10.5. The zero-order valence-electron chi connectivity index (χ0n) is 10.2. The third kappa shape index (κ3) is 2.84. The molecule has 0 saturated heterocycles. The second-order valence-corrected chi connectivity index (χ2v) is 5.04. The molecule has 1 heterocycles. The fraction of sp³-hybridized carbons (Fsp3) is 0.143. The van der Waals surface area contributed by atoms with Crippen LogP contribution in [0.2, 0.25) is 0 Å². The summed E-state index contributed by atoms with van der Waals surface area (Å²) in [6, 6.07) is 8.13. The highest BCUT2D eigenvalue weighted by atomic mass is 32.1. The number of hydrogen-bond acceptors (Lipinski definition) is 3. The van der Waals surface area contributed by atoms with Crippen LogP contribution >= 0.6 is 11.3 Å². The second-order valence-electron chi connectivity index (χ2n) is 4.01. The first kappa shape index (κ1) is 12.5. The number of carbonyl (C=O) groups is 1. The summed E-state index contributed by atoms with van der Waals surface area (Å²) < 4.78 is 0. The van der Waals surface area contributed by atoms with Crippen LogP contribution in [0.15, 0.2) is 30.3 Å². The molecule has 2 rings (SSSR count). The van der Waals surface area contributed by atoms with Gasteiger partial charge in [-0.15, -0.1) is 11.3 Å². The minimum absolute atomic E-state index is 0.855. The molecule has 3 nitrogen and oxygen atoms in total. The van der Waals surface area contributed by atoms with Crippen LogP contribution in [-0.2, 0) is 4.79 Å². The molecule has 0 saturated carbocycles. The van der Waals surface area contributed by atoms with Crippen molar-refractivity contribution in [2.75, 3.05) is 0 Å². The number of aliphatic carboxylic acids is 1. The van der Waals surface area contributed by atoms with Crippen molar-refractivity contribution in [3.05, 3.63) is 46.5 Å². The van der Waals surface area contributed by atoms with Crippen LogP contribution in [0, 0.1) is 13.8 Å². The molecule has 0 unspecified atom stereocenters. The van der Waals surface area contributed by atoms with Gasteiger partial charge in [0.25, 0.3) is 0 Å². The van der Waals surface area contributed by atoms with Gasteiger partial charge in [-0.05, 0) is 19.9 Å². The van der Waals surface area contributed by atoms with E-state index in [1.165, 1.54) is 16.9 Å². The monoisotopic (exact) mass is 259 g/mol. The lowest BCUT2D eigenvalue weighted by molar-refractivity contribution is -0.131. The topological polar surface area (TPSA) is 50.2 Å². The molecule has 1 N–H and O–H groups in total. The van der Waals surface area contributed by atoms with Crippen LogP contribution in [0.5, 0.6) is 0 Å². The van der Waals surface area contributed by atoms with Crippen molar-refractivity contribution in [2.24, 2.45) is 0 Å². The Kier molecular flexibility index (Phi) is 3.58. The summed E-state index contributed by atoms with van der Waals surface area (Å²) in [7, 11) is 0. The van der Waals surface area contributed by atoms with Crippen LogP contribution < -0.4 is 0 Å². The molecule has 0 amide bonds. The van der Waals surface area contributed by atoms with Gasteiger partial charge in [0.15, 0.2) is 0 Å². The summed E-state index contributed by atoms with van der Waals surface area (Å²) >= 11 is 1.50. The van der Waals surface area contributed by atoms with E-state index in [0.29, 0.717) is 0 Å². The SMILES string of the molecule is Cc1ccc(-c2nc(C)c(/C=C/C(=O)O)s2)cc1. The fourth-order valence-corrected chi connectivity index (χ4v) is 2.50. The van der Waals surface area contributed by atoms with Gasteiger partial charge in [-0.3, -0.25) is 0 Å². The predicted octanol–water partition coefficient (Wildman–Crippen LogP) is 3.52. The van der Waals surface area contributed by atoms with Crippen LogP contribution in [-0.4, -0.2) is 16.1 Å². The minimum atomic E-state index is -0.945. The summed E-state index contributed by atoms with van der Waals surface area (Å²) in [4.78, 5) is 15.8. The van der Waals surface area contributed by atoms with Gasteiger partial charge in [-0.25, -0.2) is 9.78 Å². The summed E-state index contributed by atoms with van der Waals surface area (Å²) in [6.45, 7) is 3.92. The van der Waals surface area contributed by atoms with E-state index >= 15 is 0 Å². The molecule has 0 aliphatic carbocycles. The fourth-order valence-electron chi connectivity index (χ4n) is 1.53. The highest BCUT2D eigenvalue weighted by molar-refractivity contribution is 7.16. The Morgan fingerprint density at radius 1 is 1.28 bits per heavy atom. The number of rotatable bonds is 3. The Morgan fingerprint density at radius 2 is 1.94 bits per heavy atom. The van der Waals surface area contributed by atoms with Gasteiger partial charge in [-0.2, -0.15) is 0 Å². The van der Waals surface area contributed by atoms with Crippen LogP contribution in [0.3, 0.4) is 0 Å². The smallest absolute Gasteiger partial charge is 0.328 e. The summed E-state index contributed by atoms with van der Waals surface area (Å²) in [5.74, 6) is -0.945. The Hall–Kier alpha value is -1.94. The van der Waals surface area contributed by atoms with Crippen molar-refractivity contribution >= 4 is 23.4 Å². The lowest BCUT2D eigenvalue weighted by Crippen LogP contribution is -1.85. The molecule has 0 spiro atoms. The number of aryl methyl sites for hydroxylation is 2. The van der Waals surface area contributed by atoms with Gasteiger partial charge in [0.1, 0.15) is 5.01 Å². The Balaban J connectivity index is 2.34. The maximum absolute atomic E-state index is 10.5. The van der Waals surface area contributed by atoms with Crippen LogP contribution in [0.4, 0.5) is 0 Å². The zero-order valence-corrected chi connectivity index (χ0v) is 11.0. The number of aromatic nitrogens is 1. The second kappa shape index (κ2) is 5.14. The normalized spacial score (nSPS) is 11.0. The molecule has 1 aromatic carbocycles. The van der Waals surface area contributed by atoms with Crippen LogP contribution in [0.1, 0.15) is 16.1 Å². The number of benzene rings is 1. The van der Waals surface area contributed by atoms with Crippen molar-refractivity contribution in [3.63, 3.8) is 0 Å². The lowest BCUT2D eigenvalue weighted by atomic mass is 10.2. The summed E-state index contributed by atoms with van der Waals surface area (Å²) in [6.07, 6.45) is 2.73. The van der Waals surface area contributed by atoms with Crippen molar-refractivity contribution in [3.8, 4) is 10.6 Å².